The standard InChI is InChI=1S/C17H21N3O3/c21-15(11-12-22-14-9-5-2-6-10-14)18-17-20-19-16(23-17)13-7-3-1-4-8-13/h2,5-6,9-10,13H,1,3-4,7-8,11-12H2,(H,18,20,21). The van der Waals surface area contributed by atoms with Gasteiger partial charge in [-0.1, -0.05) is 42.6 Å². The molecule has 2 aromatic rings. The normalized spacial score (nSPS) is 15.3. The lowest BCUT2D eigenvalue weighted by Crippen LogP contribution is -2.15. The Morgan fingerprint density at radius 2 is 1.96 bits per heavy atom. The summed E-state index contributed by atoms with van der Waals surface area (Å²) in [5, 5.41) is 10.6. The average Bonchev–Trinajstić information content (AvgIpc) is 3.05. The number of aromatic nitrogens is 2. The molecule has 0 radical (unpaired) electrons. The number of carbonyl (C=O) groups excluding carboxylic acids is 1. The Balaban J connectivity index is 1.43. The topological polar surface area (TPSA) is 77.2 Å². The van der Waals surface area contributed by atoms with Gasteiger partial charge in [0.25, 0.3) is 0 Å². The van der Waals surface area contributed by atoms with Crippen molar-refractivity contribution in [2.45, 2.75) is 44.4 Å². The smallest absolute Gasteiger partial charge is 0.322 e. The molecule has 1 aromatic carbocycles. The summed E-state index contributed by atoms with van der Waals surface area (Å²) in [5.41, 5.74) is 0. The van der Waals surface area contributed by atoms with Crippen molar-refractivity contribution in [1.82, 2.24) is 10.2 Å². The molecule has 0 bridgehead atoms. The van der Waals surface area contributed by atoms with Gasteiger partial charge in [-0.15, -0.1) is 5.10 Å². The highest BCUT2D eigenvalue weighted by Gasteiger charge is 2.21. The number of nitrogens with zero attached hydrogens (tertiary/aromatic N) is 2. The number of para-hydroxylation sites is 1. The molecule has 23 heavy (non-hydrogen) atoms. The first-order valence-corrected chi connectivity index (χ1v) is 8.12. The second kappa shape index (κ2) is 7.76. The number of amides is 1. The maximum absolute atomic E-state index is 11.9. The minimum atomic E-state index is -0.195. The van der Waals surface area contributed by atoms with E-state index in [-0.39, 0.29) is 18.3 Å². The number of hydrogen-bond donors (Lipinski definition) is 1. The molecule has 1 amide bonds. The third kappa shape index (κ3) is 4.55. The van der Waals surface area contributed by atoms with Crippen molar-refractivity contribution in [3.63, 3.8) is 0 Å². The first-order chi connectivity index (χ1) is 11.3. The summed E-state index contributed by atoms with van der Waals surface area (Å²) < 4.78 is 11.1. The summed E-state index contributed by atoms with van der Waals surface area (Å²) in [6, 6.07) is 9.58. The molecule has 3 rings (SSSR count). The van der Waals surface area contributed by atoms with Gasteiger partial charge < -0.3 is 9.15 Å². The van der Waals surface area contributed by atoms with Gasteiger partial charge in [0.15, 0.2) is 0 Å². The van der Waals surface area contributed by atoms with E-state index in [1.54, 1.807) is 0 Å². The highest BCUT2D eigenvalue weighted by atomic mass is 16.5. The molecule has 1 fully saturated rings. The number of ether oxygens (including phenoxy) is 1. The lowest BCUT2D eigenvalue weighted by Gasteiger charge is -2.17. The highest BCUT2D eigenvalue weighted by Crippen LogP contribution is 2.32. The molecule has 0 aliphatic heterocycles. The van der Waals surface area contributed by atoms with Crippen molar-refractivity contribution < 1.29 is 13.9 Å². The van der Waals surface area contributed by atoms with Crippen LogP contribution in [0.1, 0.15) is 50.3 Å². The van der Waals surface area contributed by atoms with Crippen molar-refractivity contribution >= 4 is 11.9 Å². The van der Waals surface area contributed by atoms with Gasteiger partial charge in [0.2, 0.25) is 11.8 Å². The monoisotopic (exact) mass is 315 g/mol. The van der Waals surface area contributed by atoms with E-state index < -0.39 is 0 Å². The van der Waals surface area contributed by atoms with E-state index in [2.05, 4.69) is 15.5 Å². The molecular formula is C17H21N3O3. The van der Waals surface area contributed by atoms with E-state index in [0.717, 1.165) is 18.6 Å². The number of carbonyl (C=O) groups is 1. The zero-order chi connectivity index (χ0) is 15.9. The second-order valence-corrected chi connectivity index (χ2v) is 5.74. The van der Waals surface area contributed by atoms with Gasteiger partial charge >= 0.3 is 6.01 Å². The number of benzene rings is 1. The summed E-state index contributed by atoms with van der Waals surface area (Å²) in [6.07, 6.45) is 6.07. The summed E-state index contributed by atoms with van der Waals surface area (Å²) in [5.74, 6) is 1.53. The van der Waals surface area contributed by atoms with Crippen LogP contribution < -0.4 is 10.1 Å². The van der Waals surface area contributed by atoms with Gasteiger partial charge in [0, 0.05) is 5.92 Å². The Hall–Kier alpha value is -2.37. The molecule has 1 N–H and O–H groups in total. The summed E-state index contributed by atoms with van der Waals surface area (Å²) in [7, 11) is 0. The van der Waals surface area contributed by atoms with Crippen molar-refractivity contribution in [3.8, 4) is 5.75 Å². The van der Waals surface area contributed by atoms with Crippen LogP contribution in [0.25, 0.3) is 0 Å². The van der Waals surface area contributed by atoms with Gasteiger partial charge in [-0.2, -0.15) is 0 Å². The number of anilines is 1. The fourth-order valence-corrected chi connectivity index (χ4v) is 2.76. The van der Waals surface area contributed by atoms with E-state index >= 15 is 0 Å². The molecular weight excluding hydrogens is 294 g/mol. The molecule has 6 heteroatoms. The fraction of sp³-hybridized carbons (Fsp3) is 0.471. The molecule has 1 heterocycles. The third-order valence-corrected chi connectivity index (χ3v) is 3.98. The molecule has 1 aliphatic rings. The van der Waals surface area contributed by atoms with E-state index in [1.807, 2.05) is 30.3 Å². The molecule has 1 aromatic heterocycles. The third-order valence-electron chi connectivity index (χ3n) is 3.98. The molecule has 6 nitrogen and oxygen atoms in total. The molecule has 0 saturated heterocycles. The molecule has 1 aliphatic carbocycles. The largest absolute Gasteiger partial charge is 0.493 e. The van der Waals surface area contributed by atoms with Crippen LogP contribution in [-0.2, 0) is 4.79 Å². The fourth-order valence-electron chi connectivity index (χ4n) is 2.76. The van der Waals surface area contributed by atoms with Crippen LogP contribution in [0.4, 0.5) is 6.01 Å². The Kier molecular flexibility index (Phi) is 5.24. The first-order valence-electron chi connectivity index (χ1n) is 8.12. The van der Waals surface area contributed by atoms with Gasteiger partial charge in [0.05, 0.1) is 13.0 Å². The maximum atomic E-state index is 11.9. The Labute approximate surface area is 135 Å². The zero-order valence-electron chi connectivity index (χ0n) is 13.0. The second-order valence-electron chi connectivity index (χ2n) is 5.74. The molecule has 0 unspecified atom stereocenters. The quantitative estimate of drug-likeness (QED) is 0.882. The van der Waals surface area contributed by atoms with E-state index in [0.29, 0.717) is 18.4 Å². The van der Waals surface area contributed by atoms with Crippen molar-refractivity contribution in [2.24, 2.45) is 0 Å². The molecule has 1 saturated carbocycles. The minimum absolute atomic E-state index is 0.176. The molecule has 122 valence electrons. The van der Waals surface area contributed by atoms with Crippen molar-refractivity contribution in [1.29, 1.82) is 0 Å². The SMILES string of the molecule is O=C(CCOc1ccccc1)Nc1nnc(C2CCCCC2)o1. The highest BCUT2D eigenvalue weighted by molar-refractivity contribution is 5.88. The van der Waals surface area contributed by atoms with Gasteiger partial charge in [0.1, 0.15) is 5.75 Å². The Morgan fingerprint density at radius 1 is 1.17 bits per heavy atom. The van der Waals surface area contributed by atoms with Crippen LogP contribution in [0.3, 0.4) is 0 Å². The summed E-state index contributed by atoms with van der Waals surface area (Å²) in [4.78, 5) is 11.9. The first kappa shape index (κ1) is 15.5. The van der Waals surface area contributed by atoms with Crippen LogP contribution in [0.15, 0.2) is 34.7 Å². The van der Waals surface area contributed by atoms with Crippen molar-refractivity contribution in [3.05, 3.63) is 36.2 Å². The summed E-state index contributed by atoms with van der Waals surface area (Å²) in [6.45, 7) is 0.305. The summed E-state index contributed by atoms with van der Waals surface area (Å²) >= 11 is 0. The van der Waals surface area contributed by atoms with Gasteiger partial charge in [-0.25, -0.2) is 0 Å². The molecule has 0 atom stereocenters. The van der Waals surface area contributed by atoms with Gasteiger partial charge in [-0.05, 0) is 25.0 Å². The average molecular weight is 315 g/mol. The predicted octanol–water partition coefficient (Wildman–Crippen LogP) is 3.52. The zero-order valence-corrected chi connectivity index (χ0v) is 13.0. The Bertz CT molecular complexity index is 621. The Morgan fingerprint density at radius 3 is 2.74 bits per heavy atom. The van der Waals surface area contributed by atoms with Crippen LogP contribution >= 0.6 is 0 Å². The van der Waals surface area contributed by atoms with E-state index in [4.69, 9.17) is 9.15 Å². The van der Waals surface area contributed by atoms with E-state index in [9.17, 15) is 4.79 Å². The van der Waals surface area contributed by atoms with E-state index in [1.165, 1.54) is 19.3 Å². The van der Waals surface area contributed by atoms with Crippen LogP contribution in [-0.4, -0.2) is 22.7 Å². The van der Waals surface area contributed by atoms with Gasteiger partial charge in [-0.3, -0.25) is 10.1 Å². The lowest BCUT2D eigenvalue weighted by molar-refractivity contribution is -0.116. The number of nitrogens with one attached hydrogen (secondary N) is 1. The minimum Gasteiger partial charge on any atom is -0.493 e. The molecule has 0 spiro atoms. The lowest BCUT2D eigenvalue weighted by atomic mass is 9.89. The van der Waals surface area contributed by atoms with Crippen LogP contribution in [0.2, 0.25) is 0 Å². The van der Waals surface area contributed by atoms with Crippen molar-refractivity contribution in [2.75, 3.05) is 11.9 Å². The maximum Gasteiger partial charge on any atom is 0.322 e. The predicted molar refractivity (Wildman–Crippen MR) is 85.3 cm³/mol. The number of hydrogen-bond acceptors (Lipinski definition) is 5. The number of rotatable bonds is 6. The van der Waals surface area contributed by atoms with Crippen LogP contribution in [0.5, 0.6) is 5.75 Å². The van der Waals surface area contributed by atoms with Crippen LogP contribution in [0, 0.1) is 0 Å².